The summed E-state index contributed by atoms with van der Waals surface area (Å²) in [6, 6.07) is 4.03. The molecular weight excluding hydrogens is 229 g/mol. The van der Waals surface area contributed by atoms with Crippen molar-refractivity contribution in [1.29, 1.82) is 0 Å². The third kappa shape index (κ3) is 2.73. The van der Waals surface area contributed by atoms with Crippen molar-refractivity contribution in [3.63, 3.8) is 0 Å². The highest BCUT2D eigenvalue weighted by Gasteiger charge is 2.21. The van der Waals surface area contributed by atoms with Gasteiger partial charge in [0.05, 0.1) is 6.10 Å². The largest absolute Gasteiger partial charge is 0.378 e. The first-order valence-corrected chi connectivity index (χ1v) is 5.87. The van der Waals surface area contributed by atoms with Crippen LogP contribution >= 0.6 is 11.6 Å². The zero-order chi connectivity index (χ0) is 11.5. The summed E-state index contributed by atoms with van der Waals surface area (Å²) >= 11 is 5.99. The molecule has 1 aliphatic rings. The first-order chi connectivity index (χ1) is 7.66. The van der Waals surface area contributed by atoms with Crippen LogP contribution in [-0.4, -0.2) is 12.7 Å². The van der Waals surface area contributed by atoms with Gasteiger partial charge in [0.2, 0.25) is 0 Å². The van der Waals surface area contributed by atoms with Gasteiger partial charge in [-0.25, -0.2) is 4.39 Å². The topological polar surface area (TPSA) is 35.2 Å². The molecule has 0 radical (unpaired) electrons. The summed E-state index contributed by atoms with van der Waals surface area (Å²) in [6.07, 6.45) is 2.99. The van der Waals surface area contributed by atoms with Crippen LogP contribution in [0.5, 0.6) is 0 Å². The molecule has 2 atom stereocenters. The zero-order valence-corrected chi connectivity index (χ0v) is 9.71. The number of hydrogen-bond donors (Lipinski definition) is 1. The Bertz CT molecular complexity index is 366. The average molecular weight is 244 g/mol. The van der Waals surface area contributed by atoms with Crippen molar-refractivity contribution >= 4 is 11.6 Å². The smallest absolute Gasteiger partial charge is 0.123 e. The lowest BCUT2D eigenvalue weighted by Crippen LogP contribution is -2.18. The Morgan fingerprint density at radius 3 is 3.06 bits per heavy atom. The molecule has 0 bridgehead atoms. The number of benzene rings is 1. The SMILES string of the molecule is NC(CC1CCCO1)c1cc(F)ccc1Cl. The lowest BCUT2D eigenvalue weighted by molar-refractivity contribution is 0.0983. The van der Waals surface area contributed by atoms with Gasteiger partial charge in [0.15, 0.2) is 0 Å². The van der Waals surface area contributed by atoms with Crippen molar-refractivity contribution < 1.29 is 9.13 Å². The van der Waals surface area contributed by atoms with Crippen molar-refractivity contribution in [3.8, 4) is 0 Å². The number of ether oxygens (including phenoxy) is 1. The fourth-order valence-corrected chi connectivity index (χ4v) is 2.30. The molecule has 0 amide bonds. The first kappa shape index (κ1) is 11.8. The Morgan fingerprint density at radius 2 is 2.38 bits per heavy atom. The minimum atomic E-state index is -0.304. The Morgan fingerprint density at radius 1 is 1.56 bits per heavy atom. The van der Waals surface area contributed by atoms with Crippen LogP contribution in [0.25, 0.3) is 0 Å². The van der Waals surface area contributed by atoms with E-state index in [2.05, 4.69) is 0 Å². The molecule has 16 heavy (non-hydrogen) atoms. The van der Waals surface area contributed by atoms with Gasteiger partial charge in [0.1, 0.15) is 5.82 Å². The molecule has 1 aromatic carbocycles. The fourth-order valence-electron chi connectivity index (χ4n) is 2.04. The first-order valence-electron chi connectivity index (χ1n) is 5.49. The molecule has 0 aromatic heterocycles. The van der Waals surface area contributed by atoms with Gasteiger partial charge in [-0.15, -0.1) is 0 Å². The second-order valence-electron chi connectivity index (χ2n) is 4.14. The van der Waals surface area contributed by atoms with E-state index in [0.29, 0.717) is 17.0 Å². The molecule has 1 aromatic rings. The molecule has 0 spiro atoms. The predicted molar refractivity (Wildman–Crippen MR) is 61.9 cm³/mol. The molecule has 2 unspecified atom stereocenters. The van der Waals surface area contributed by atoms with E-state index in [1.54, 1.807) is 6.07 Å². The maximum absolute atomic E-state index is 13.1. The zero-order valence-electron chi connectivity index (χ0n) is 8.96. The highest BCUT2D eigenvalue weighted by atomic mass is 35.5. The van der Waals surface area contributed by atoms with Gasteiger partial charge < -0.3 is 10.5 Å². The van der Waals surface area contributed by atoms with E-state index >= 15 is 0 Å². The molecule has 1 fully saturated rings. The van der Waals surface area contributed by atoms with Crippen LogP contribution in [-0.2, 0) is 4.74 Å². The van der Waals surface area contributed by atoms with Gasteiger partial charge in [-0.05, 0) is 43.0 Å². The van der Waals surface area contributed by atoms with Gasteiger partial charge in [0, 0.05) is 17.7 Å². The highest BCUT2D eigenvalue weighted by molar-refractivity contribution is 6.31. The number of nitrogens with two attached hydrogens (primary N) is 1. The third-order valence-electron chi connectivity index (χ3n) is 2.90. The summed E-state index contributed by atoms with van der Waals surface area (Å²) < 4.78 is 18.6. The summed E-state index contributed by atoms with van der Waals surface area (Å²) in [4.78, 5) is 0. The molecule has 0 saturated carbocycles. The van der Waals surface area contributed by atoms with E-state index in [-0.39, 0.29) is 18.0 Å². The van der Waals surface area contributed by atoms with Crippen molar-refractivity contribution in [1.82, 2.24) is 0 Å². The Balaban J connectivity index is 2.07. The average Bonchev–Trinajstić information content (AvgIpc) is 2.74. The summed E-state index contributed by atoms with van der Waals surface area (Å²) in [7, 11) is 0. The van der Waals surface area contributed by atoms with E-state index in [1.807, 2.05) is 0 Å². The van der Waals surface area contributed by atoms with Crippen LogP contribution in [0.4, 0.5) is 4.39 Å². The molecule has 1 aliphatic heterocycles. The van der Waals surface area contributed by atoms with Crippen LogP contribution in [0, 0.1) is 5.82 Å². The van der Waals surface area contributed by atoms with Crippen molar-refractivity contribution in [2.45, 2.75) is 31.4 Å². The minimum absolute atomic E-state index is 0.189. The Hall–Kier alpha value is -0.640. The molecule has 2 nitrogen and oxygen atoms in total. The summed E-state index contributed by atoms with van der Waals surface area (Å²) in [5.74, 6) is -0.304. The lowest BCUT2D eigenvalue weighted by atomic mass is 10.00. The van der Waals surface area contributed by atoms with Crippen molar-refractivity contribution in [2.24, 2.45) is 5.73 Å². The van der Waals surface area contributed by atoms with Crippen LogP contribution in [0.15, 0.2) is 18.2 Å². The van der Waals surface area contributed by atoms with E-state index in [0.717, 1.165) is 19.4 Å². The van der Waals surface area contributed by atoms with Crippen LogP contribution < -0.4 is 5.73 Å². The van der Waals surface area contributed by atoms with Gasteiger partial charge in [-0.1, -0.05) is 11.6 Å². The predicted octanol–water partition coefficient (Wildman–Crippen LogP) is 3.05. The normalized spacial score (nSPS) is 22.3. The molecule has 2 rings (SSSR count). The van der Waals surface area contributed by atoms with Crippen LogP contribution in [0.2, 0.25) is 5.02 Å². The van der Waals surface area contributed by atoms with E-state index in [4.69, 9.17) is 22.1 Å². The molecule has 0 aliphatic carbocycles. The van der Waals surface area contributed by atoms with Gasteiger partial charge in [0.25, 0.3) is 0 Å². The number of rotatable bonds is 3. The second kappa shape index (κ2) is 5.13. The molecule has 2 N–H and O–H groups in total. The maximum Gasteiger partial charge on any atom is 0.123 e. The van der Waals surface area contributed by atoms with E-state index in [9.17, 15) is 4.39 Å². The quantitative estimate of drug-likeness (QED) is 0.886. The van der Waals surface area contributed by atoms with E-state index < -0.39 is 0 Å². The lowest BCUT2D eigenvalue weighted by Gasteiger charge is -2.17. The van der Waals surface area contributed by atoms with E-state index in [1.165, 1.54) is 12.1 Å². The third-order valence-corrected chi connectivity index (χ3v) is 3.24. The highest BCUT2D eigenvalue weighted by Crippen LogP contribution is 2.28. The second-order valence-corrected chi connectivity index (χ2v) is 4.55. The maximum atomic E-state index is 13.1. The Labute approximate surface area is 99.5 Å². The minimum Gasteiger partial charge on any atom is -0.378 e. The molecular formula is C12H15ClFNO. The standard InChI is InChI=1S/C12H15ClFNO/c13-11-4-3-8(14)6-10(11)12(15)7-9-2-1-5-16-9/h3-4,6,9,12H,1-2,5,7,15H2. The van der Waals surface area contributed by atoms with Crippen molar-refractivity contribution in [2.75, 3.05) is 6.61 Å². The number of halogens is 2. The van der Waals surface area contributed by atoms with Gasteiger partial charge >= 0.3 is 0 Å². The summed E-state index contributed by atoms with van der Waals surface area (Å²) in [5, 5.41) is 0.520. The fraction of sp³-hybridized carbons (Fsp3) is 0.500. The monoisotopic (exact) mass is 243 g/mol. The summed E-state index contributed by atoms with van der Waals surface area (Å²) in [6.45, 7) is 0.800. The molecule has 4 heteroatoms. The van der Waals surface area contributed by atoms with Gasteiger partial charge in [-0.2, -0.15) is 0 Å². The van der Waals surface area contributed by atoms with Gasteiger partial charge in [-0.3, -0.25) is 0 Å². The van der Waals surface area contributed by atoms with Crippen LogP contribution in [0.1, 0.15) is 30.9 Å². The molecule has 88 valence electrons. The molecule has 1 saturated heterocycles. The van der Waals surface area contributed by atoms with Crippen molar-refractivity contribution in [3.05, 3.63) is 34.6 Å². The van der Waals surface area contributed by atoms with Crippen LogP contribution in [0.3, 0.4) is 0 Å². The Kier molecular flexibility index (Phi) is 3.79. The summed E-state index contributed by atoms with van der Waals surface area (Å²) in [5.41, 5.74) is 6.68. The number of hydrogen-bond acceptors (Lipinski definition) is 2. The molecule has 1 heterocycles.